The van der Waals surface area contributed by atoms with Gasteiger partial charge in [-0.25, -0.2) is 4.39 Å². The van der Waals surface area contributed by atoms with E-state index in [1.54, 1.807) is 38.3 Å². The number of nitrogens with one attached hydrogen (secondary N) is 1. The van der Waals surface area contributed by atoms with E-state index >= 15 is 0 Å². The fourth-order valence-corrected chi connectivity index (χ4v) is 3.25. The van der Waals surface area contributed by atoms with E-state index in [9.17, 15) is 9.18 Å². The third-order valence-corrected chi connectivity index (χ3v) is 4.83. The van der Waals surface area contributed by atoms with Gasteiger partial charge < -0.3 is 19.7 Å². The van der Waals surface area contributed by atoms with Crippen molar-refractivity contribution in [2.75, 3.05) is 27.8 Å². The number of hydrogen-bond acceptors (Lipinski definition) is 5. The highest BCUT2D eigenvalue weighted by molar-refractivity contribution is 5.94. The van der Waals surface area contributed by atoms with E-state index in [1.165, 1.54) is 12.1 Å². The van der Waals surface area contributed by atoms with Crippen LogP contribution in [0.25, 0.3) is 0 Å². The molecular weight excluding hydrogens is 373 g/mol. The van der Waals surface area contributed by atoms with Crippen LogP contribution >= 0.6 is 0 Å². The van der Waals surface area contributed by atoms with Gasteiger partial charge in [-0.3, -0.25) is 9.79 Å². The quantitative estimate of drug-likeness (QED) is 0.775. The smallest absolute Gasteiger partial charge is 0.253 e. The topological polar surface area (TPSA) is 63.2 Å². The zero-order valence-electron chi connectivity index (χ0n) is 17.0. The highest BCUT2D eigenvalue weighted by Gasteiger charge is 2.16. The molecule has 154 valence electrons. The maximum absolute atomic E-state index is 14.2. The summed E-state index contributed by atoms with van der Waals surface area (Å²) in [4.78, 5) is 18.8. The first-order valence-electron chi connectivity index (χ1n) is 9.53. The maximum atomic E-state index is 14.2. The predicted molar refractivity (Wildman–Crippen MR) is 110 cm³/mol. The Morgan fingerprint density at radius 2 is 1.90 bits per heavy atom. The lowest BCUT2D eigenvalue weighted by Gasteiger charge is -2.19. The van der Waals surface area contributed by atoms with Crippen molar-refractivity contribution < 1.29 is 18.7 Å². The second kappa shape index (κ2) is 9.41. The van der Waals surface area contributed by atoms with Crippen LogP contribution in [-0.4, -0.2) is 44.5 Å². The second-order valence-electron chi connectivity index (χ2n) is 6.97. The number of carbonyl (C=O) groups is 1. The Hall–Kier alpha value is -3.09. The standard InChI is InChI=1S/C22H26FN3O3/c1-26(14-15-9-18(28-2)12-19(10-15)29-3)22(27)16-6-7-20(23)17(11-16)13-25-21-5-4-8-24-21/h6-7,9-12H,4-5,8,13-14H2,1-3H3,(H,24,25). The zero-order chi connectivity index (χ0) is 20.8. The van der Waals surface area contributed by atoms with Crippen molar-refractivity contribution in [1.82, 2.24) is 10.2 Å². The molecule has 0 saturated carbocycles. The molecule has 1 aliphatic rings. The highest BCUT2D eigenvalue weighted by atomic mass is 19.1. The lowest BCUT2D eigenvalue weighted by Crippen LogP contribution is -2.27. The number of rotatable bonds is 7. The number of halogens is 1. The van der Waals surface area contributed by atoms with Gasteiger partial charge in [0.05, 0.1) is 20.1 Å². The predicted octanol–water partition coefficient (Wildman–Crippen LogP) is 3.40. The molecule has 0 bridgehead atoms. The van der Waals surface area contributed by atoms with E-state index in [-0.39, 0.29) is 11.7 Å². The van der Waals surface area contributed by atoms with Crippen LogP contribution in [0.1, 0.15) is 34.3 Å². The number of nitrogens with zero attached hydrogens (tertiary/aromatic N) is 2. The van der Waals surface area contributed by atoms with Gasteiger partial charge in [0.15, 0.2) is 0 Å². The Labute approximate surface area is 170 Å². The van der Waals surface area contributed by atoms with E-state index in [0.717, 1.165) is 30.8 Å². The molecule has 1 aliphatic heterocycles. The number of methoxy groups -OCH3 is 2. The minimum Gasteiger partial charge on any atom is -0.497 e. The second-order valence-corrected chi connectivity index (χ2v) is 6.97. The number of amides is 1. The van der Waals surface area contributed by atoms with E-state index < -0.39 is 0 Å². The summed E-state index contributed by atoms with van der Waals surface area (Å²) in [5.41, 5.74) is 1.76. The number of aliphatic imine (C=N–C) groups is 1. The molecule has 7 heteroatoms. The van der Waals surface area contributed by atoms with Crippen molar-refractivity contribution in [1.29, 1.82) is 0 Å². The molecule has 0 spiro atoms. The van der Waals surface area contributed by atoms with Crippen LogP contribution in [0, 0.1) is 5.82 Å². The first kappa shape index (κ1) is 20.6. The number of amidine groups is 1. The van der Waals surface area contributed by atoms with Crippen LogP contribution in [0.3, 0.4) is 0 Å². The summed E-state index contributed by atoms with van der Waals surface area (Å²) >= 11 is 0. The van der Waals surface area contributed by atoms with Gasteiger partial charge in [-0.15, -0.1) is 0 Å². The average Bonchev–Trinajstić information content (AvgIpc) is 3.25. The Bertz CT molecular complexity index is 892. The van der Waals surface area contributed by atoms with Gasteiger partial charge >= 0.3 is 0 Å². The van der Waals surface area contributed by atoms with Gasteiger partial charge in [0.25, 0.3) is 5.91 Å². The summed E-state index contributed by atoms with van der Waals surface area (Å²) in [5, 5.41) is 3.16. The Kier molecular flexibility index (Phi) is 6.69. The molecular formula is C22H26FN3O3. The van der Waals surface area contributed by atoms with Gasteiger partial charge in [-0.05, 0) is 42.3 Å². The molecule has 2 aromatic rings. The van der Waals surface area contributed by atoms with Crippen molar-refractivity contribution >= 4 is 11.7 Å². The van der Waals surface area contributed by atoms with E-state index in [2.05, 4.69) is 10.3 Å². The Balaban J connectivity index is 1.71. The highest BCUT2D eigenvalue weighted by Crippen LogP contribution is 2.23. The van der Waals surface area contributed by atoms with Gasteiger partial charge in [0, 0.05) is 50.3 Å². The maximum Gasteiger partial charge on any atom is 0.253 e. The normalized spacial score (nSPS) is 13.0. The minimum atomic E-state index is -0.340. The van der Waals surface area contributed by atoms with Crippen molar-refractivity contribution in [3.8, 4) is 11.5 Å². The third-order valence-electron chi connectivity index (χ3n) is 4.83. The third kappa shape index (κ3) is 5.25. The number of ether oxygens (including phenoxy) is 2. The SMILES string of the molecule is COc1cc(CN(C)C(=O)c2ccc(F)c(CNC3=NCCC3)c2)cc(OC)c1. The lowest BCUT2D eigenvalue weighted by atomic mass is 10.1. The zero-order valence-corrected chi connectivity index (χ0v) is 17.0. The molecule has 2 aromatic carbocycles. The summed E-state index contributed by atoms with van der Waals surface area (Å²) in [7, 11) is 4.88. The van der Waals surface area contributed by atoms with Crippen molar-refractivity contribution in [2.45, 2.75) is 25.9 Å². The molecule has 29 heavy (non-hydrogen) atoms. The van der Waals surface area contributed by atoms with Gasteiger partial charge in [0.1, 0.15) is 17.3 Å². The summed E-state index contributed by atoms with van der Waals surface area (Å²) in [6.45, 7) is 1.49. The number of benzene rings is 2. The molecule has 0 aromatic heterocycles. The molecule has 0 radical (unpaired) electrons. The number of carbonyl (C=O) groups excluding carboxylic acids is 1. The largest absolute Gasteiger partial charge is 0.497 e. The van der Waals surface area contributed by atoms with Gasteiger partial charge in [-0.1, -0.05) is 0 Å². The van der Waals surface area contributed by atoms with Crippen LogP contribution < -0.4 is 14.8 Å². The molecule has 0 atom stereocenters. The molecule has 6 nitrogen and oxygen atoms in total. The summed E-state index contributed by atoms with van der Waals surface area (Å²) < 4.78 is 24.7. The van der Waals surface area contributed by atoms with Gasteiger partial charge in [-0.2, -0.15) is 0 Å². The lowest BCUT2D eigenvalue weighted by molar-refractivity contribution is 0.0784. The minimum absolute atomic E-state index is 0.189. The summed E-state index contributed by atoms with van der Waals surface area (Å²) in [6, 6.07) is 9.94. The fourth-order valence-electron chi connectivity index (χ4n) is 3.25. The van der Waals surface area contributed by atoms with Crippen molar-refractivity contribution in [2.24, 2.45) is 4.99 Å². The Morgan fingerprint density at radius 1 is 1.17 bits per heavy atom. The van der Waals surface area contributed by atoms with Crippen LogP contribution in [0.4, 0.5) is 4.39 Å². The molecule has 1 N–H and O–H groups in total. The van der Waals surface area contributed by atoms with E-state index in [4.69, 9.17) is 9.47 Å². The molecule has 0 unspecified atom stereocenters. The van der Waals surface area contributed by atoms with Crippen LogP contribution in [-0.2, 0) is 13.1 Å². The van der Waals surface area contributed by atoms with Crippen molar-refractivity contribution in [3.05, 3.63) is 58.9 Å². The van der Waals surface area contributed by atoms with Crippen LogP contribution in [0.15, 0.2) is 41.4 Å². The van der Waals surface area contributed by atoms with Gasteiger partial charge in [0.2, 0.25) is 0 Å². The van der Waals surface area contributed by atoms with E-state index in [1.807, 2.05) is 12.1 Å². The van der Waals surface area contributed by atoms with Crippen molar-refractivity contribution in [3.63, 3.8) is 0 Å². The first-order chi connectivity index (χ1) is 14.0. The first-order valence-corrected chi connectivity index (χ1v) is 9.53. The monoisotopic (exact) mass is 399 g/mol. The average molecular weight is 399 g/mol. The molecule has 1 amide bonds. The Morgan fingerprint density at radius 3 is 2.52 bits per heavy atom. The fraction of sp³-hybridized carbons (Fsp3) is 0.364. The summed E-state index contributed by atoms with van der Waals surface area (Å²) in [6.07, 6.45) is 1.90. The number of hydrogen-bond donors (Lipinski definition) is 1. The van der Waals surface area contributed by atoms with Crippen LogP contribution in [0.2, 0.25) is 0 Å². The molecule has 0 fully saturated rings. The van der Waals surface area contributed by atoms with E-state index in [0.29, 0.717) is 35.7 Å². The molecule has 1 heterocycles. The molecule has 0 saturated heterocycles. The van der Waals surface area contributed by atoms with Crippen LogP contribution in [0.5, 0.6) is 11.5 Å². The molecule has 3 rings (SSSR count). The molecule has 0 aliphatic carbocycles. The summed E-state index contributed by atoms with van der Waals surface area (Å²) in [5.74, 6) is 1.68.